The van der Waals surface area contributed by atoms with Gasteiger partial charge in [0.2, 0.25) is 11.8 Å². The van der Waals surface area contributed by atoms with Gasteiger partial charge in [-0.1, -0.05) is 12.1 Å². The first kappa shape index (κ1) is 20.2. The largest absolute Gasteiger partial charge is 0.461 e. The van der Waals surface area contributed by atoms with Gasteiger partial charge < -0.3 is 14.2 Å². The zero-order chi connectivity index (χ0) is 22.2. The van der Waals surface area contributed by atoms with Crippen molar-refractivity contribution >= 4 is 17.3 Å². The standard InChI is InChI=1S/C24H26FN7O/c25-19-6-1-2-7-20(19)30-13-11-29(12-14-30)17-18-16-26-24(31-9-3-4-10-31)32-23(18)27-22(28-32)21-8-5-15-33-21/h1-2,5-8,15-16H,3-4,9-14,17H2. The predicted octanol–water partition coefficient (Wildman–Crippen LogP) is 3.45. The lowest BCUT2D eigenvalue weighted by Gasteiger charge is -2.36. The number of anilines is 2. The quantitative estimate of drug-likeness (QED) is 0.464. The Morgan fingerprint density at radius 1 is 0.909 bits per heavy atom. The monoisotopic (exact) mass is 447 g/mol. The highest BCUT2D eigenvalue weighted by molar-refractivity contribution is 5.58. The summed E-state index contributed by atoms with van der Waals surface area (Å²) in [5.41, 5.74) is 2.52. The Labute approximate surface area is 191 Å². The molecule has 170 valence electrons. The minimum Gasteiger partial charge on any atom is -0.461 e. The summed E-state index contributed by atoms with van der Waals surface area (Å²) in [6, 6.07) is 10.7. The highest BCUT2D eigenvalue weighted by Gasteiger charge is 2.24. The summed E-state index contributed by atoms with van der Waals surface area (Å²) in [5, 5.41) is 4.75. The first-order chi connectivity index (χ1) is 16.3. The van der Waals surface area contributed by atoms with Crippen molar-refractivity contribution in [2.45, 2.75) is 19.4 Å². The molecule has 6 rings (SSSR count). The molecule has 3 aromatic heterocycles. The summed E-state index contributed by atoms with van der Waals surface area (Å²) in [5.74, 6) is 1.89. The van der Waals surface area contributed by atoms with Crippen LogP contribution < -0.4 is 9.80 Å². The van der Waals surface area contributed by atoms with Gasteiger partial charge in [-0.2, -0.15) is 4.52 Å². The summed E-state index contributed by atoms with van der Waals surface area (Å²) < 4.78 is 21.6. The van der Waals surface area contributed by atoms with Gasteiger partial charge in [-0.25, -0.2) is 14.4 Å². The van der Waals surface area contributed by atoms with E-state index in [9.17, 15) is 4.39 Å². The first-order valence-corrected chi connectivity index (χ1v) is 11.5. The van der Waals surface area contributed by atoms with Gasteiger partial charge in [-0.3, -0.25) is 4.90 Å². The van der Waals surface area contributed by atoms with E-state index in [-0.39, 0.29) is 5.82 Å². The fourth-order valence-corrected chi connectivity index (χ4v) is 4.76. The number of rotatable bonds is 5. The van der Waals surface area contributed by atoms with Crippen molar-refractivity contribution in [3.8, 4) is 11.6 Å². The van der Waals surface area contributed by atoms with Crippen LogP contribution in [-0.2, 0) is 6.54 Å². The summed E-state index contributed by atoms with van der Waals surface area (Å²) in [6.07, 6.45) is 5.90. The molecular weight excluding hydrogens is 421 g/mol. The number of hydrogen-bond donors (Lipinski definition) is 0. The second-order valence-corrected chi connectivity index (χ2v) is 8.64. The normalized spacial score (nSPS) is 17.4. The van der Waals surface area contributed by atoms with E-state index in [1.165, 1.54) is 6.07 Å². The molecule has 2 saturated heterocycles. The molecular formula is C24H26FN7O. The number of hydrogen-bond acceptors (Lipinski definition) is 7. The fourth-order valence-electron chi connectivity index (χ4n) is 4.76. The molecule has 1 aromatic carbocycles. The lowest BCUT2D eigenvalue weighted by Crippen LogP contribution is -2.46. The second kappa shape index (κ2) is 8.47. The van der Waals surface area contributed by atoms with Crippen molar-refractivity contribution in [2.24, 2.45) is 0 Å². The molecule has 4 aromatic rings. The zero-order valence-corrected chi connectivity index (χ0v) is 18.4. The molecule has 0 bridgehead atoms. The van der Waals surface area contributed by atoms with Crippen LogP contribution in [0.25, 0.3) is 17.2 Å². The van der Waals surface area contributed by atoms with E-state index in [1.807, 2.05) is 35.0 Å². The van der Waals surface area contributed by atoms with Gasteiger partial charge in [0, 0.05) is 57.6 Å². The number of halogens is 1. The van der Waals surface area contributed by atoms with Crippen molar-refractivity contribution in [3.05, 3.63) is 60.2 Å². The first-order valence-electron chi connectivity index (χ1n) is 11.5. The lowest BCUT2D eigenvalue weighted by atomic mass is 10.2. The zero-order valence-electron chi connectivity index (χ0n) is 18.4. The maximum Gasteiger partial charge on any atom is 0.228 e. The molecule has 2 aliphatic rings. The summed E-state index contributed by atoms with van der Waals surface area (Å²) >= 11 is 0. The Morgan fingerprint density at radius 3 is 2.48 bits per heavy atom. The van der Waals surface area contributed by atoms with Gasteiger partial charge in [0.05, 0.1) is 12.0 Å². The van der Waals surface area contributed by atoms with Crippen molar-refractivity contribution in [1.29, 1.82) is 0 Å². The van der Waals surface area contributed by atoms with Crippen LogP contribution in [0.4, 0.5) is 16.0 Å². The van der Waals surface area contributed by atoms with Crippen LogP contribution in [0.5, 0.6) is 0 Å². The Kier molecular flexibility index (Phi) is 5.18. The number of nitrogens with zero attached hydrogens (tertiary/aromatic N) is 7. The number of piperazine rings is 1. The average Bonchev–Trinajstić information content (AvgIpc) is 3.62. The number of aromatic nitrogens is 4. The molecule has 2 fully saturated rings. The van der Waals surface area contributed by atoms with Gasteiger partial charge in [0.1, 0.15) is 5.82 Å². The Balaban J connectivity index is 1.26. The van der Waals surface area contributed by atoms with E-state index in [1.54, 1.807) is 12.3 Å². The lowest BCUT2D eigenvalue weighted by molar-refractivity contribution is 0.249. The third kappa shape index (κ3) is 3.82. The fraction of sp³-hybridized carbons (Fsp3) is 0.375. The minimum absolute atomic E-state index is 0.164. The molecule has 0 unspecified atom stereocenters. The second-order valence-electron chi connectivity index (χ2n) is 8.64. The maximum atomic E-state index is 14.2. The van der Waals surface area contributed by atoms with Crippen molar-refractivity contribution in [1.82, 2.24) is 24.5 Å². The smallest absolute Gasteiger partial charge is 0.228 e. The van der Waals surface area contributed by atoms with E-state index >= 15 is 0 Å². The number of fused-ring (bicyclic) bond motifs is 1. The molecule has 2 aliphatic heterocycles. The molecule has 5 heterocycles. The molecule has 0 saturated carbocycles. The highest BCUT2D eigenvalue weighted by atomic mass is 19.1. The average molecular weight is 448 g/mol. The molecule has 0 spiro atoms. The Bertz CT molecular complexity index is 1240. The van der Waals surface area contributed by atoms with Crippen molar-refractivity contribution < 1.29 is 8.81 Å². The summed E-state index contributed by atoms with van der Waals surface area (Å²) in [4.78, 5) is 16.4. The topological polar surface area (TPSA) is 65.9 Å². The Morgan fingerprint density at radius 2 is 1.73 bits per heavy atom. The van der Waals surface area contributed by atoms with Gasteiger partial charge >= 0.3 is 0 Å². The number of para-hydroxylation sites is 1. The van der Waals surface area contributed by atoms with Crippen LogP contribution in [-0.4, -0.2) is 63.8 Å². The van der Waals surface area contributed by atoms with Crippen LogP contribution in [0.3, 0.4) is 0 Å². The van der Waals surface area contributed by atoms with Gasteiger partial charge in [-0.15, -0.1) is 5.10 Å². The molecule has 0 aliphatic carbocycles. The van der Waals surface area contributed by atoms with Gasteiger partial charge in [-0.05, 0) is 37.1 Å². The summed E-state index contributed by atoms with van der Waals surface area (Å²) in [6.45, 7) is 5.92. The predicted molar refractivity (Wildman–Crippen MR) is 124 cm³/mol. The molecule has 0 amide bonds. The number of benzene rings is 1. The van der Waals surface area contributed by atoms with Crippen LogP contribution in [0.2, 0.25) is 0 Å². The van der Waals surface area contributed by atoms with Crippen LogP contribution >= 0.6 is 0 Å². The van der Waals surface area contributed by atoms with E-state index in [4.69, 9.17) is 19.5 Å². The maximum absolute atomic E-state index is 14.2. The van der Waals surface area contributed by atoms with Crippen molar-refractivity contribution in [2.75, 3.05) is 49.1 Å². The third-order valence-corrected chi connectivity index (χ3v) is 6.51. The van der Waals surface area contributed by atoms with E-state index in [0.717, 1.165) is 75.8 Å². The molecule has 0 N–H and O–H groups in total. The van der Waals surface area contributed by atoms with Crippen LogP contribution in [0, 0.1) is 5.82 Å². The molecule has 33 heavy (non-hydrogen) atoms. The summed E-state index contributed by atoms with van der Waals surface area (Å²) in [7, 11) is 0. The number of furan rings is 1. The highest BCUT2D eigenvalue weighted by Crippen LogP contribution is 2.26. The van der Waals surface area contributed by atoms with E-state index < -0.39 is 0 Å². The van der Waals surface area contributed by atoms with Crippen LogP contribution in [0.15, 0.2) is 53.3 Å². The third-order valence-electron chi connectivity index (χ3n) is 6.51. The molecule has 0 atom stereocenters. The molecule has 8 nitrogen and oxygen atoms in total. The van der Waals surface area contributed by atoms with Gasteiger partial charge in [0.25, 0.3) is 0 Å². The molecule has 9 heteroatoms. The van der Waals surface area contributed by atoms with E-state index in [2.05, 4.69) is 14.7 Å². The SMILES string of the molecule is Fc1ccccc1N1CCN(Cc2cnc(N3CCCC3)n3nc(-c4ccco4)nc23)CC1. The van der Waals surface area contributed by atoms with Gasteiger partial charge in [0.15, 0.2) is 11.4 Å². The minimum atomic E-state index is -0.164. The van der Waals surface area contributed by atoms with E-state index in [0.29, 0.717) is 17.3 Å². The molecule has 0 radical (unpaired) electrons. The van der Waals surface area contributed by atoms with Crippen molar-refractivity contribution in [3.63, 3.8) is 0 Å². The Hall–Kier alpha value is -3.46. The van der Waals surface area contributed by atoms with Crippen LogP contribution in [0.1, 0.15) is 18.4 Å².